The molecule has 0 bridgehead atoms. The Morgan fingerprint density at radius 2 is 1.91 bits per heavy atom. The van der Waals surface area contributed by atoms with Gasteiger partial charge in [0.15, 0.2) is 5.82 Å². The van der Waals surface area contributed by atoms with Crippen LogP contribution >= 0.6 is 0 Å². The van der Waals surface area contributed by atoms with Crippen molar-refractivity contribution in [2.24, 2.45) is 0 Å². The molecule has 0 aliphatic carbocycles. The van der Waals surface area contributed by atoms with E-state index in [0.29, 0.717) is 22.6 Å². The largest absolute Gasteiger partial charge is 0.379 e. The van der Waals surface area contributed by atoms with E-state index in [1.54, 1.807) is 18.2 Å². The van der Waals surface area contributed by atoms with Gasteiger partial charge in [0.1, 0.15) is 11.6 Å². The highest BCUT2D eigenvalue weighted by Gasteiger charge is 2.19. The highest BCUT2D eigenvalue weighted by atomic mass is 19.1. The Bertz CT molecular complexity index is 1140. The third kappa shape index (κ3) is 4.96. The normalized spacial score (nSPS) is 16.8. The zero-order valence-corrected chi connectivity index (χ0v) is 18.6. The van der Waals surface area contributed by atoms with Crippen molar-refractivity contribution in [1.82, 2.24) is 19.7 Å². The molecule has 1 fully saturated rings. The van der Waals surface area contributed by atoms with Crippen molar-refractivity contribution in [2.75, 3.05) is 31.6 Å². The molecule has 2 aliphatic heterocycles. The number of fused-ring (bicyclic) bond motifs is 1. The van der Waals surface area contributed by atoms with E-state index in [-0.39, 0.29) is 11.7 Å². The number of hydrogen-bond donors (Lipinski definition) is 1. The fraction of sp³-hybridized carbons (Fsp3) is 0.400. The van der Waals surface area contributed by atoms with Crippen molar-refractivity contribution in [3.05, 3.63) is 65.2 Å². The molecule has 2 aliphatic rings. The Morgan fingerprint density at radius 3 is 2.79 bits per heavy atom. The number of carbonyl (C=O) groups is 1. The number of aryl methyl sites for hydroxylation is 1. The van der Waals surface area contributed by atoms with Crippen LogP contribution in [0, 0.1) is 5.82 Å². The Morgan fingerprint density at radius 1 is 1.03 bits per heavy atom. The van der Waals surface area contributed by atoms with Gasteiger partial charge < -0.3 is 14.6 Å². The van der Waals surface area contributed by atoms with Crippen LogP contribution in [0.4, 0.5) is 10.1 Å². The van der Waals surface area contributed by atoms with E-state index in [0.717, 1.165) is 76.5 Å². The van der Waals surface area contributed by atoms with E-state index in [1.807, 2.05) is 22.8 Å². The summed E-state index contributed by atoms with van der Waals surface area (Å²) in [5.74, 6) is 0.817. The van der Waals surface area contributed by atoms with Gasteiger partial charge in [-0.1, -0.05) is 18.6 Å². The van der Waals surface area contributed by atoms with E-state index in [1.165, 1.54) is 6.07 Å². The molecular weight excluding hydrogens is 421 g/mol. The summed E-state index contributed by atoms with van der Waals surface area (Å²) >= 11 is 0. The summed E-state index contributed by atoms with van der Waals surface area (Å²) in [6.45, 7) is 4.82. The number of carbonyl (C=O) groups excluding carboxylic acids is 1. The number of nitrogens with one attached hydrogen (secondary N) is 1. The molecule has 0 radical (unpaired) electrons. The molecule has 2 aromatic carbocycles. The molecule has 1 amide bonds. The lowest BCUT2D eigenvalue weighted by molar-refractivity contribution is 0.0342. The minimum absolute atomic E-state index is 0.226. The molecule has 1 N–H and O–H groups in total. The molecule has 1 saturated heterocycles. The van der Waals surface area contributed by atoms with Crippen LogP contribution < -0.4 is 5.32 Å². The quantitative estimate of drug-likeness (QED) is 0.640. The fourth-order valence-corrected chi connectivity index (χ4v) is 4.49. The molecule has 3 heterocycles. The number of anilines is 1. The smallest absolute Gasteiger partial charge is 0.255 e. The minimum atomic E-state index is -0.375. The Kier molecular flexibility index (Phi) is 6.46. The van der Waals surface area contributed by atoms with Crippen molar-refractivity contribution in [2.45, 2.75) is 38.8 Å². The summed E-state index contributed by atoms with van der Waals surface area (Å²) in [6, 6.07) is 12.2. The maximum Gasteiger partial charge on any atom is 0.255 e. The second-order valence-corrected chi connectivity index (χ2v) is 8.64. The number of amides is 1. The first-order chi connectivity index (χ1) is 16.2. The molecule has 0 atom stereocenters. The van der Waals surface area contributed by atoms with E-state index in [4.69, 9.17) is 4.74 Å². The SMILES string of the molecule is O=C(Nc1ccc(F)c(-c2nnc3n2CCCCC3)c1)c1cccc(CN2CCOCC2)c1. The number of hydrogen-bond acceptors (Lipinski definition) is 5. The summed E-state index contributed by atoms with van der Waals surface area (Å²) in [4.78, 5) is 15.3. The van der Waals surface area contributed by atoms with Crippen LogP contribution in [-0.4, -0.2) is 51.9 Å². The number of benzene rings is 2. The average Bonchev–Trinajstić information content (AvgIpc) is 3.08. The van der Waals surface area contributed by atoms with Gasteiger partial charge in [0.2, 0.25) is 0 Å². The predicted molar refractivity (Wildman–Crippen MR) is 123 cm³/mol. The summed E-state index contributed by atoms with van der Waals surface area (Å²) in [5.41, 5.74) is 2.54. The number of halogens is 1. The van der Waals surface area contributed by atoms with E-state index in [2.05, 4.69) is 20.4 Å². The van der Waals surface area contributed by atoms with Crippen molar-refractivity contribution < 1.29 is 13.9 Å². The average molecular weight is 450 g/mol. The molecule has 0 spiro atoms. The standard InChI is InChI=1S/C25H28FN5O2/c26-22-9-8-20(16-21(22)24-29-28-23-7-2-1-3-10-31(23)24)27-25(32)19-6-4-5-18(15-19)17-30-11-13-33-14-12-30/h4-6,8-9,15-16H,1-3,7,10-14,17H2,(H,27,32). The Hall–Kier alpha value is -3.10. The molecule has 5 rings (SSSR count). The van der Waals surface area contributed by atoms with Gasteiger partial charge in [-0.25, -0.2) is 4.39 Å². The monoisotopic (exact) mass is 449 g/mol. The van der Waals surface area contributed by atoms with Gasteiger partial charge in [-0.3, -0.25) is 9.69 Å². The maximum atomic E-state index is 14.7. The number of nitrogens with zero attached hydrogens (tertiary/aromatic N) is 4. The van der Waals surface area contributed by atoms with Crippen molar-refractivity contribution >= 4 is 11.6 Å². The minimum Gasteiger partial charge on any atom is -0.379 e. The van der Waals surface area contributed by atoms with Gasteiger partial charge in [0, 0.05) is 43.9 Å². The topological polar surface area (TPSA) is 72.3 Å². The highest BCUT2D eigenvalue weighted by molar-refractivity contribution is 6.04. The zero-order valence-electron chi connectivity index (χ0n) is 18.6. The summed E-state index contributed by atoms with van der Waals surface area (Å²) < 4.78 is 22.1. The molecule has 0 saturated carbocycles. The van der Waals surface area contributed by atoms with Crippen LogP contribution in [0.1, 0.15) is 41.0 Å². The lowest BCUT2D eigenvalue weighted by atomic mass is 10.1. The van der Waals surface area contributed by atoms with Gasteiger partial charge in [0.25, 0.3) is 5.91 Å². The Balaban J connectivity index is 1.34. The van der Waals surface area contributed by atoms with Crippen LogP contribution in [0.2, 0.25) is 0 Å². The first-order valence-corrected chi connectivity index (χ1v) is 11.6. The van der Waals surface area contributed by atoms with Gasteiger partial charge in [-0.15, -0.1) is 10.2 Å². The third-order valence-corrected chi connectivity index (χ3v) is 6.27. The molecule has 172 valence electrons. The molecule has 0 unspecified atom stereocenters. The first kappa shape index (κ1) is 21.7. The molecule has 33 heavy (non-hydrogen) atoms. The number of morpholine rings is 1. The number of rotatable bonds is 5. The fourth-order valence-electron chi connectivity index (χ4n) is 4.49. The predicted octanol–water partition coefficient (Wildman–Crippen LogP) is 3.90. The summed E-state index contributed by atoms with van der Waals surface area (Å²) in [5, 5.41) is 11.5. The van der Waals surface area contributed by atoms with E-state index >= 15 is 0 Å². The summed E-state index contributed by atoms with van der Waals surface area (Å²) in [7, 11) is 0. The molecule has 1 aromatic heterocycles. The molecular formula is C25H28FN5O2. The lowest BCUT2D eigenvalue weighted by Crippen LogP contribution is -2.35. The highest BCUT2D eigenvalue weighted by Crippen LogP contribution is 2.28. The van der Waals surface area contributed by atoms with Crippen molar-refractivity contribution in [3.63, 3.8) is 0 Å². The zero-order chi connectivity index (χ0) is 22.6. The van der Waals surface area contributed by atoms with Crippen LogP contribution in [0.25, 0.3) is 11.4 Å². The molecule has 7 nitrogen and oxygen atoms in total. The van der Waals surface area contributed by atoms with Gasteiger partial charge in [0.05, 0.1) is 18.8 Å². The second-order valence-electron chi connectivity index (χ2n) is 8.64. The van der Waals surface area contributed by atoms with Crippen LogP contribution in [0.5, 0.6) is 0 Å². The van der Waals surface area contributed by atoms with E-state index < -0.39 is 0 Å². The first-order valence-electron chi connectivity index (χ1n) is 11.6. The number of aromatic nitrogens is 3. The molecule has 8 heteroatoms. The van der Waals surface area contributed by atoms with Gasteiger partial charge in [-0.05, 0) is 48.7 Å². The van der Waals surface area contributed by atoms with Gasteiger partial charge in [-0.2, -0.15) is 0 Å². The Labute approximate surface area is 192 Å². The van der Waals surface area contributed by atoms with Gasteiger partial charge >= 0.3 is 0 Å². The van der Waals surface area contributed by atoms with Crippen LogP contribution in [0.15, 0.2) is 42.5 Å². The maximum absolute atomic E-state index is 14.7. The number of ether oxygens (including phenoxy) is 1. The second kappa shape index (κ2) is 9.80. The van der Waals surface area contributed by atoms with E-state index in [9.17, 15) is 9.18 Å². The van der Waals surface area contributed by atoms with Crippen LogP contribution in [0.3, 0.4) is 0 Å². The van der Waals surface area contributed by atoms with Crippen LogP contribution in [-0.2, 0) is 24.2 Å². The van der Waals surface area contributed by atoms with Crippen molar-refractivity contribution in [1.29, 1.82) is 0 Å². The molecule has 3 aromatic rings. The van der Waals surface area contributed by atoms with Crippen molar-refractivity contribution in [3.8, 4) is 11.4 Å². The lowest BCUT2D eigenvalue weighted by Gasteiger charge is -2.26. The third-order valence-electron chi connectivity index (χ3n) is 6.27. The summed E-state index contributed by atoms with van der Waals surface area (Å²) in [6.07, 6.45) is 4.08.